The molecule has 2 aliphatic carbocycles. The summed E-state index contributed by atoms with van der Waals surface area (Å²) in [6.45, 7) is 8.01. The van der Waals surface area contributed by atoms with E-state index >= 15 is 0 Å². The Morgan fingerprint density at radius 3 is 2.56 bits per heavy atom. The highest BCUT2D eigenvalue weighted by molar-refractivity contribution is 5.35. The number of rotatable bonds is 0. The van der Waals surface area contributed by atoms with Crippen molar-refractivity contribution in [2.24, 2.45) is 11.3 Å². The minimum absolute atomic E-state index is 0.283. The Kier molecular flexibility index (Phi) is 2.25. The van der Waals surface area contributed by atoms with Gasteiger partial charge in [0.1, 0.15) is 0 Å². The highest BCUT2D eigenvalue weighted by Gasteiger charge is 2.50. The predicted octanol–water partition coefficient (Wildman–Crippen LogP) is 3.09. The summed E-state index contributed by atoms with van der Waals surface area (Å²) in [5.41, 5.74) is 1.80. The van der Waals surface area contributed by atoms with Crippen molar-refractivity contribution < 1.29 is 9.47 Å². The van der Waals surface area contributed by atoms with Gasteiger partial charge >= 0.3 is 0 Å². The van der Waals surface area contributed by atoms with E-state index in [9.17, 15) is 0 Å². The van der Waals surface area contributed by atoms with Gasteiger partial charge in [-0.25, -0.2) is 0 Å². The Balaban J connectivity index is 1.72. The van der Waals surface area contributed by atoms with Crippen molar-refractivity contribution >= 4 is 0 Å². The third kappa shape index (κ3) is 1.63. The Hall–Kier alpha value is -0.340. The van der Waals surface area contributed by atoms with Gasteiger partial charge in [0.05, 0.1) is 13.2 Å². The summed E-state index contributed by atoms with van der Waals surface area (Å²) < 4.78 is 11.7. The van der Waals surface area contributed by atoms with Crippen LogP contribution in [-0.2, 0) is 9.47 Å². The number of hydrogen-bond donors (Lipinski definition) is 0. The first-order valence-corrected chi connectivity index (χ1v) is 6.31. The number of allylic oxidation sites excluding steroid dienone is 2. The summed E-state index contributed by atoms with van der Waals surface area (Å²) in [6.07, 6.45) is 6.08. The van der Waals surface area contributed by atoms with E-state index in [1.807, 2.05) is 13.8 Å². The Morgan fingerprint density at radius 2 is 1.94 bits per heavy atom. The Bertz CT molecular complexity index is 320. The van der Waals surface area contributed by atoms with Crippen LogP contribution in [0.2, 0.25) is 0 Å². The van der Waals surface area contributed by atoms with Gasteiger partial charge in [-0.3, -0.25) is 0 Å². The van der Waals surface area contributed by atoms with Gasteiger partial charge in [0.25, 0.3) is 0 Å². The first-order chi connectivity index (χ1) is 7.50. The molecule has 0 aromatic heterocycles. The molecule has 1 aliphatic heterocycles. The average molecular weight is 221 g/mol. The number of ether oxygens (including phenoxy) is 2. The van der Waals surface area contributed by atoms with Gasteiger partial charge in [0, 0.05) is 11.3 Å². The van der Waals surface area contributed by atoms with Crippen LogP contribution >= 0.6 is 0 Å². The molecule has 1 saturated heterocycles. The van der Waals surface area contributed by atoms with E-state index in [4.69, 9.17) is 9.47 Å². The van der Waals surface area contributed by atoms with Gasteiger partial charge in [-0.15, -0.1) is 0 Å². The average Bonchev–Trinajstić information content (AvgIpc) is 2.73. The maximum absolute atomic E-state index is 5.85. The SMILES string of the molecule is CC1=CCC2CC3(COC(C)(C)OC3)C[C]12. The van der Waals surface area contributed by atoms with Crippen molar-refractivity contribution in [2.75, 3.05) is 13.2 Å². The molecular weight excluding hydrogens is 200 g/mol. The Morgan fingerprint density at radius 1 is 1.25 bits per heavy atom. The van der Waals surface area contributed by atoms with Crippen molar-refractivity contribution in [2.45, 2.75) is 45.8 Å². The van der Waals surface area contributed by atoms with E-state index in [0.717, 1.165) is 19.1 Å². The normalized spacial score (nSPS) is 36.4. The molecule has 0 N–H and O–H groups in total. The molecule has 1 radical (unpaired) electrons. The predicted molar refractivity (Wildman–Crippen MR) is 62.8 cm³/mol. The molecule has 1 saturated carbocycles. The molecule has 2 heteroatoms. The first kappa shape index (κ1) is 10.8. The van der Waals surface area contributed by atoms with E-state index < -0.39 is 0 Å². The lowest BCUT2D eigenvalue weighted by Crippen LogP contribution is -2.45. The van der Waals surface area contributed by atoms with Crippen LogP contribution in [-0.4, -0.2) is 19.0 Å². The highest BCUT2D eigenvalue weighted by Crippen LogP contribution is 2.56. The summed E-state index contributed by atoms with van der Waals surface area (Å²) in [7, 11) is 0. The van der Waals surface area contributed by atoms with Crippen molar-refractivity contribution in [3.63, 3.8) is 0 Å². The molecule has 2 nitrogen and oxygen atoms in total. The molecule has 0 aromatic carbocycles. The van der Waals surface area contributed by atoms with Crippen LogP contribution in [0.3, 0.4) is 0 Å². The third-order valence-electron chi connectivity index (χ3n) is 4.40. The topological polar surface area (TPSA) is 18.5 Å². The smallest absolute Gasteiger partial charge is 0.162 e. The van der Waals surface area contributed by atoms with E-state index in [2.05, 4.69) is 13.0 Å². The molecule has 3 rings (SSSR count). The van der Waals surface area contributed by atoms with Crippen molar-refractivity contribution in [1.29, 1.82) is 0 Å². The second-order valence-corrected chi connectivity index (χ2v) is 6.20. The fourth-order valence-electron chi connectivity index (χ4n) is 3.36. The van der Waals surface area contributed by atoms with Gasteiger partial charge in [0.2, 0.25) is 0 Å². The summed E-state index contributed by atoms with van der Waals surface area (Å²) in [5, 5.41) is 0. The maximum Gasteiger partial charge on any atom is 0.162 e. The molecule has 3 aliphatic rings. The zero-order chi connectivity index (χ0) is 11.4. The number of hydrogen-bond acceptors (Lipinski definition) is 2. The quantitative estimate of drug-likeness (QED) is 0.626. The standard InChI is InChI=1S/C14H21O2/c1-10-4-5-11-6-14(7-12(10)11)8-15-13(2,3)16-9-14/h4,11H,5-9H2,1-3H3. The van der Waals surface area contributed by atoms with Crippen molar-refractivity contribution in [3.8, 4) is 0 Å². The van der Waals surface area contributed by atoms with Crippen LogP contribution in [0.5, 0.6) is 0 Å². The molecule has 0 aromatic rings. The molecule has 1 unspecified atom stereocenters. The minimum Gasteiger partial charge on any atom is -0.350 e. The van der Waals surface area contributed by atoms with Crippen LogP contribution in [0.15, 0.2) is 11.6 Å². The van der Waals surface area contributed by atoms with E-state index in [0.29, 0.717) is 0 Å². The molecule has 1 spiro atoms. The maximum atomic E-state index is 5.85. The van der Waals surface area contributed by atoms with Crippen LogP contribution in [0.25, 0.3) is 0 Å². The van der Waals surface area contributed by atoms with Gasteiger partial charge < -0.3 is 9.47 Å². The van der Waals surface area contributed by atoms with Gasteiger partial charge in [0.15, 0.2) is 5.79 Å². The molecule has 1 atom stereocenters. The van der Waals surface area contributed by atoms with Gasteiger partial charge in [-0.1, -0.05) is 11.6 Å². The molecule has 2 fully saturated rings. The summed E-state index contributed by atoms with van der Waals surface area (Å²) in [5.74, 6) is 2.08. The van der Waals surface area contributed by atoms with E-state index in [1.54, 1.807) is 5.92 Å². The number of fused-ring (bicyclic) bond motifs is 1. The molecule has 0 amide bonds. The lowest BCUT2D eigenvalue weighted by molar-refractivity contribution is -0.284. The van der Waals surface area contributed by atoms with Crippen LogP contribution in [0, 0.1) is 17.3 Å². The van der Waals surface area contributed by atoms with Crippen molar-refractivity contribution in [1.82, 2.24) is 0 Å². The van der Waals surface area contributed by atoms with Crippen LogP contribution in [0.1, 0.15) is 40.0 Å². The van der Waals surface area contributed by atoms with Gasteiger partial charge in [-0.05, 0) is 46.0 Å². The second kappa shape index (κ2) is 3.33. The summed E-state index contributed by atoms with van der Waals surface area (Å²) in [4.78, 5) is 0. The third-order valence-corrected chi connectivity index (χ3v) is 4.40. The van der Waals surface area contributed by atoms with Crippen LogP contribution in [0.4, 0.5) is 0 Å². The lowest BCUT2D eigenvalue weighted by atomic mass is 9.84. The van der Waals surface area contributed by atoms with E-state index in [1.165, 1.54) is 24.8 Å². The van der Waals surface area contributed by atoms with Crippen molar-refractivity contribution in [3.05, 3.63) is 17.6 Å². The fourth-order valence-corrected chi connectivity index (χ4v) is 3.36. The first-order valence-electron chi connectivity index (χ1n) is 6.31. The molecular formula is C14H21O2. The Labute approximate surface area is 98.0 Å². The van der Waals surface area contributed by atoms with E-state index in [-0.39, 0.29) is 11.2 Å². The molecule has 16 heavy (non-hydrogen) atoms. The zero-order valence-electron chi connectivity index (χ0n) is 10.5. The second-order valence-electron chi connectivity index (χ2n) is 6.20. The van der Waals surface area contributed by atoms with Gasteiger partial charge in [-0.2, -0.15) is 0 Å². The van der Waals surface area contributed by atoms with Crippen LogP contribution < -0.4 is 0 Å². The zero-order valence-corrected chi connectivity index (χ0v) is 10.5. The molecule has 0 bridgehead atoms. The fraction of sp³-hybridized carbons (Fsp3) is 0.786. The summed E-state index contributed by atoms with van der Waals surface area (Å²) in [6, 6.07) is 0. The highest BCUT2D eigenvalue weighted by atomic mass is 16.7. The monoisotopic (exact) mass is 221 g/mol. The largest absolute Gasteiger partial charge is 0.350 e. The summed E-state index contributed by atoms with van der Waals surface area (Å²) >= 11 is 0. The molecule has 89 valence electrons. The molecule has 1 heterocycles. The minimum atomic E-state index is -0.376. The lowest BCUT2D eigenvalue weighted by Gasteiger charge is -2.41.